The molecule has 122 valence electrons. The highest BCUT2D eigenvalue weighted by Crippen LogP contribution is 2.33. The summed E-state index contributed by atoms with van der Waals surface area (Å²) in [6.45, 7) is 2.48. The maximum Gasteiger partial charge on any atom is 0.338 e. The number of nitrogen functional groups attached to an aromatic ring is 1. The summed E-state index contributed by atoms with van der Waals surface area (Å²) in [5, 5.41) is 3.91. The molecule has 1 aliphatic carbocycles. The molecule has 1 saturated carbocycles. The third-order valence-electron chi connectivity index (χ3n) is 4.04. The Morgan fingerprint density at radius 1 is 1.36 bits per heavy atom. The lowest BCUT2D eigenvalue weighted by Crippen LogP contribution is -2.23. The van der Waals surface area contributed by atoms with E-state index in [1.54, 1.807) is 12.1 Å². The topological polar surface area (TPSA) is 64.3 Å². The van der Waals surface area contributed by atoms with Crippen molar-refractivity contribution in [3.05, 3.63) is 22.7 Å². The lowest BCUT2D eigenvalue weighted by molar-refractivity contribution is 0.0500. The van der Waals surface area contributed by atoms with Crippen molar-refractivity contribution in [2.75, 3.05) is 17.7 Å². The van der Waals surface area contributed by atoms with Gasteiger partial charge in [0.05, 0.1) is 28.6 Å². The molecule has 5 heteroatoms. The van der Waals surface area contributed by atoms with Crippen LogP contribution < -0.4 is 11.1 Å². The van der Waals surface area contributed by atoms with E-state index in [2.05, 4.69) is 12.2 Å². The molecule has 0 aromatic heterocycles. The fourth-order valence-corrected chi connectivity index (χ4v) is 3.02. The molecule has 0 spiro atoms. The molecule has 1 aliphatic rings. The first-order valence-corrected chi connectivity index (χ1v) is 8.52. The van der Waals surface area contributed by atoms with Crippen LogP contribution in [-0.2, 0) is 4.74 Å². The average molecular weight is 325 g/mol. The number of anilines is 2. The molecular formula is C17H25ClN2O2. The minimum atomic E-state index is -0.369. The highest BCUT2D eigenvalue weighted by atomic mass is 35.5. The fraction of sp³-hybridized carbons (Fsp3) is 0.588. The van der Waals surface area contributed by atoms with Crippen LogP contribution in [0.3, 0.4) is 0 Å². The van der Waals surface area contributed by atoms with Gasteiger partial charge in [-0.15, -0.1) is 0 Å². The second kappa shape index (κ2) is 8.28. The van der Waals surface area contributed by atoms with Crippen LogP contribution in [0.4, 0.5) is 11.4 Å². The summed E-state index contributed by atoms with van der Waals surface area (Å²) in [6, 6.07) is 3.69. The van der Waals surface area contributed by atoms with Crippen molar-refractivity contribution in [3.8, 4) is 0 Å². The molecule has 0 heterocycles. The summed E-state index contributed by atoms with van der Waals surface area (Å²) >= 11 is 6.31. The van der Waals surface area contributed by atoms with Gasteiger partial charge in [0.2, 0.25) is 0 Å². The Labute approximate surface area is 137 Å². The zero-order valence-corrected chi connectivity index (χ0v) is 13.9. The summed E-state index contributed by atoms with van der Waals surface area (Å²) in [5.74, 6) is -0.369. The number of hydrogen-bond acceptors (Lipinski definition) is 4. The highest BCUT2D eigenvalue weighted by molar-refractivity contribution is 6.34. The SMILES string of the molecule is CCCCOC(=O)c1cc(N)c(NC2CCCCC2)c(Cl)c1. The Kier molecular flexibility index (Phi) is 6.37. The smallest absolute Gasteiger partial charge is 0.338 e. The van der Waals surface area contributed by atoms with Crippen molar-refractivity contribution in [1.29, 1.82) is 0 Å². The molecule has 4 nitrogen and oxygen atoms in total. The summed E-state index contributed by atoms with van der Waals surface area (Å²) < 4.78 is 5.19. The zero-order chi connectivity index (χ0) is 15.9. The summed E-state index contributed by atoms with van der Waals surface area (Å²) in [6.07, 6.45) is 7.88. The molecule has 0 aliphatic heterocycles. The van der Waals surface area contributed by atoms with Crippen LogP contribution in [0.15, 0.2) is 12.1 Å². The molecule has 3 N–H and O–H groups in total. The number of ether oxygens (including phenoxy) is 1. The minimum absolute atomic E-state index is 0.369. The van der Waals surface area contributed by atoms with Gasteiger partial charge in [-0.3, -0.25) is 0 Å². The van der Waals surface area contributed by atoms with E-state index >= 15 is 0 Å². The molecule has 0 saturated heterocycles. The highest BCUT2D eigenvalue weighted by Gasteiger charge is 2.18. The number of carbonyl (C=O) groups is 1. The van der Waals surface area contributed by atoms with Gasteiger partial charge in [-0.2, -0.15) is 0 Å². The molecule has 0 radical (unpaired) electrons. The molecule has 0 atom stereocenters. The van der Waals surface area contributed by atoms with Crippen LogP contribution >= 0.6 is 11.6 Å². The van der Waals surface area contributed by atoms with Crippen molar-refractivity contribution in [3.63, 3.8) is 0 Å². The average Bonchev–Trinajstić information content (AvgIpc) is 2.52. The van der Waals surface area contributed by atoms with E-state index in [1.807, 2.05) is 0 Å². The molecule has 0 amide bonds. The van der Waals surface area contributed by atoms with Crippen molar-refractivity contribution in [2.45, 2.75) is 57.9 Å². The Bertz CT molecular complexity index is 490. The predicted octanol–water partition coefficient (Wildman–Crippen LogP) is 4.62. The van der Waals surface area contributed by atoms with E-state index in [4.69, 9.17) is 22.1 Å². The van der Waals surface area contributed by atoms with Gasteiger partial charge in [0.25, 0.3) is 0 Å². The van der Waals surface area contributed by atoms with E-state index in [-0.39, 0.29) is 5.97 Å². The number of halogens is 1. The quantitative estimate of drug-likeness (QED) is 0.455. The van der Waals surface area contributed by atoms with Crippen LogP contribution in [0.5, 0.6) is 0 Å². The molecule has 1 aromatic carbocycles. The molecule has 0 bridgehead atoms. The Balaban J connectivity index is 2.05. The van der Waals surface area contributed by atoms with Crippen molar-refractivity contribution in [1.82, 2.24) is 0 Å². The lowest BCUT2D eigenvalue weighted by atomic mass is 9.95. The number of unbranched alkanes of at least 4 members (excludes halogenated alkanes) is 1. The maximum absolute atomic E-state index is 12.0. The minimum Gasteiger partial charge on any atom is -0.462 e. The number of nitrogens with one attached hydrogen (secondary N) is 1. The number of benzene rings is 1. The molecule has 22 heavy (non-hydrogen) atoms. The second-order valence-electron chi connectivity index (χ2n) is 5.89. The number of esters is 1. The summed E-state index contributed by atoms with van der Waals surface area (Å²) in [5.41, 5.74) is 7.72. The Morgan fingerprint density at radius 2 is 2.09 bits per heavy atom. The number of rotatable bonds is 6. The molecule has 0 unspecified atom stereocenters. The normalized spacial score (nSPS) is 15.5. The van der Waals surface area contributed by atoms with Crippen LogP contribution in [0.25, 0.3) is 0 Å². The van der Waals surface area contributed by atoms with Gasteiger partial charge in [0.1, 0.15) is 0 Å². The first kappa shape index (κ1) is 16.9. The van der Waals surface area contributed by atoms with Gasteiger partial charge in [0, 0.05) is 6.04 Å². The van der Waals surface area contributed by atoms with Crippen LogP contribution in [0.1, 0.15) is 62.2 Å². The molecular weight excluding hydrogens is 300 g/mol. The monoisotopic (exact) mass is 324 g/mol. The maximum atomic E-state index is 12.0. The van der Waals surface area contributed by atoms with Gasteiger partial charge in [-0.05, 0) is 31.4 Å². The molecule has 2 rings (SSSR count). The van der Waals surface area contributed by atoms with Crippen LogP contribution in [-0.4, -0.2) is 18.6 Å². The van der Waals surface area contributed by atoms with Gasteiger partial charge in [0.15, 0.2) is 0 Å². The van der Waals surface area contributed by atoms with Crippen LogP contribution in [0, 0.1) is 0 Å². The van der Waals surface area contributed by atoms with Crippen LogP contribution in [0.2, 0.25) is 5.02 Å². The van der Waals surface area contributed by atoms with Gasteiger partial charge >= 0.3 is 5.97 Å². The van der Waals surface area contributed by atoms with E-state index in [9.17, 15) is 4.79 Å². The number of nitrogens with two attached hydrogens (primary N) is 1. The molecule has 1 aromatic rings. The van der Waals surface area contributed by atoms with Crippen molar-refractivity contribution in [2.24, 2.45) is 0 Å². The standard InChI is InChI=1S/C17H25ClN2O2/c1-2-3-9-22-17(21)12-10-14(18)16(15(19)11-12)20-13-7-5-4-6-8-13/h10-11,13,20H,2-9,19H2,1H3. The van der Waals surface area contributed by atoms with E-state index in [0.717, 1.165) is 31.4 Å². The lowest BCUT2D eigenvalue weighted by Gasteiger charge is -2.25. The van der Waals surface area contributed by atoms with Gasteiger partial charge in [-0.25, -0.2) is 4.79 Å². The van der Waals surface area contributed by atoms with E-state index in [0.29, 0.717) is 28.9 Å². The first-order valence-electron chi connectivity index (χ1n) is 8.14. The van der Waals surface area contributed by atoms with Crippen molar-refractivity contribution < 1.29 is 9.53 Å². The van der Waals surface area contributed by atoms with Gasteiger partial charge < -0.3 is 15.8 Å². The number of carbonyl (C=O) groups excluding carboxylic acids is 1. The first-order chi connectivity index (χ1) is 10.6. The Morgan fingerprint density at radius 3 is 2.73 bits per heavy atom. The van der Waals surface area contributed by atoms with Crippen molar-refractivity contribution >= 4 is 28.9 Å². The third kappa shape index (κ3) is 4.54. The summed E-state index contributed by atoms with van der Waals surface area (Å²) in [7, 11) is 0. The Hall–Kier alpha value is -1.42. The van der Waals surface area contributed by atoms with E-state index < -0.39 is 0 Å². The number of hydrogen-bond donors (Lipinski definition) is 2. The predicted molar refractivity (Wildman–Crippen MR) is 91.6 cm³/mol. The van der Waals surface area contributed by atoms with Gasteiger partial charge in [-0.1, -0.05) is 44.2 Å². The zero-order valence-electron chi connectivity index (χ0n) is 13.2. The molecule has 1 fully saturated rings. The second-order valence-corrected chi connectivity index (χ2v) is 6.30. The summed E-state index contributed by atoms with van der Waals surface area (Å²) in [4.78, 5) is 12.0. The third-order valence-corrected chi connectivity index (χ3v) is 4.34. The fourth-order valence-electron chi connectivity index (χ4n) is 2.74. The largest absolute Gasteiger partial charge is 0.462 e. The van der Waals surface area contributed by atoms with E-state index in [1.165, 1.54) is 19.3 Å².